The lowest BCUT2D eigenvalue weighted by atomic mass is 10.1. The van der Waals surface area contributed by atoms with Crippen LogP contribution in [0.1, 0.15) is 18.1 Å². The van der Waals surface area contributed by atoms with Gasteiger partial charge in [-0.3, -0.25) is 0 Å². The number of fused-ring (bicyclic) bond motifs is 1. The summed E-state index contributed by atoms with van der Waals surface area (Å²) in [5.74, 6) is 0.719. The van der Waals surface area contributed by atoms with E-state index in [0.29, 0.717) is 6.61 Å². The average Bonchev–Trinajstić information content (AvgIpc) is 2.20. The molecule has 0 amide bonds. The molecule has 0 spiro atoms. The van der Waals surface area contributed by atoms with Gasteiger partial charge in [0.15, 0.2) is 0 Å². The molecule has 0 saturated carbocycles. The summed E-state index contributed by atoms with van der Waals surface area (Å²) in [5, 5.41) is 1.21. The maximum Gasteiger partial charge on any atom is 0.214 e. The summed E-state index contributed by atoms with van der Waals surface area (Å²) in [7, 11) is 0. The third-order valence-electron chi connectivity index (χ3n) is 2.52. The lowest BCUT2D eigenvalue weighted by Crippen LogP contribution is -1.96. The van der Waals surface area contributed by atoms with Crippen LogP contribution in [0.4, 0.5) is 0 Å². The molecule has 0 N–H and O–H groups in total. The quantitative estimate of drug-likeness (QED) is 0.827. The first-order chi connectivity index (χ1) is 7.22. The number of halogens is 1. The van der Waals surface area contributed by atoms with E-state index in [9.17, 15) is 0 Å². The monoisotopic (exact) mass is 280 g/mol. The standard InChI is InChI=1S/C13H15NO.Br/c1-4-15-12-8-10(3)11-7-5-6-9(2)13(11)14-12;/h5-8H,4H2,1-3H3;. The molecule has 0 aliphatic heterocycles. The highest BCUT2D eigenvalue weighted by Gasteiger charge is 2.04. The Morgan fingerprint density at radius 1 is 1.19 bits per heavy atom. The van der Waals surface area contributed by atoms with Gasteiger partial charge in [-0.2, -0.15) is 0 Å². The van der Waals surface area contributed by atoms with Crippen molar-refractivity contribution in [1.82, 2.24) is 4.98 Å². The van der Waals surface area contributed by atoms with Gasteiger partial charge in [0.25, 0.3) is 0 Å². The third-order valence-corrected chi connectivity index (χ3v) is 2.52. The van der Waals surface area contributed by atoms with E-state index in [-0.39, 0.29) is 17.0 Å². The largest absolute Gasteiger partial charge is 0.478 e. The van der Waals surface area contributed by atoms with Gasteiger partial charge in [0, 0.05) is 28.4 Å². The molecule has 0 saturated heterocycles. The maximum absolute atomic E-state index is 5.44. The molecule has 0 atom stereocenters. The highest BCUT2D eigenvalue weighted by atomic mass is 79.9. The van der Waals surface area contributed by atoms with Gasteiger partial charge < -0.3 is 4.74 Å². The molecule has 2 aromatic rings. The highest BCUT2D eigenvalue weighted by molar-refractivity contribution is 8.93. The lowest BCUT2D eigenvalue weighted by molar-refractivity contribution is 0.328. The first kappa shape index (κ1) is 13.0. The van der Waals surface area contributed by atoms with E-state index >= 15 is 0 Å². The van der Waals surface area contributed by atoms with Gasteiger partial charge in [0.05, 0.1) is 12.1 Å². The van der Waals surface area contributed by atoms with Crippen LogP contribution in [-0.4, -0.2) is 11.6 Å². The summed E-state index contributed by atoms with van der Waals surface area (Å²) in [5.41, 5.74) is 3.45. The molecule has 1 aromatic carbocycles. The molecule has 0 fully saturated rings. The van der Waals surface area contributed by atoms with Gasteiger partial charge in [-0.1, -0.05) is 18.2 Å². The zero-order valence-corrected chi connectivity index (χ0v) is 11.3. The van der Waals surface area contributed by atoms with Crippen LogP contribution in [0.25, 0.3) is 10.9 Å². The molecule has 2 nitrogen and oxygen atoms in total. The van der Waals surface area contributed by atoms with Gasteiger partial charge in [-0.05, 0) is 31.9 Å². The van der Waals surface area contributed by atoms with Gasteiger partial charge in [0.1, 0.15) is 0 Å². The molecule has 85 valence electrons. The van der Waals surface area contributed by atoms with E-state index in [0.717, 1.165) is 11.4 Å². The van der Waals surface area contributed by atoms with Crippen molar-refractivity contribution in [2.45, 2.75) is 20.8 Å². The molecular formula is C13H15BrNO. The Kier molecular flexibility index (Phi) is 4.30. The number of nitrogens with zero attached hydrogens (tertiary/aromatic N) is 1. The van der Waals surface area contributed by atoms with Crippen molar-refractivity contribution in [1.29, 1.82) is 0 Å². The highest BCUT2D eigenvalue weighted by Crippen LogP contribution is 2.23. The van der Waals surface area contributed by atoms with Gasteiger partial charge in [0.2, 0.25) is 5.88 Å². The van der Waals surface area contributed by atoms with E-state index in [1.165, 1.54) is 16.5 Å². The summed E-state index contributed by atoms with van der Waals surface area (Å²) in [4.78, 5) is 4.50. The van der Waals surface area contributed by atoms with Crippen LogP contribution in [0.15, 0.2) is 24.3 Å². The van der Waals surface area contributed by atoms with E-state index in [2.05, 4.69) is 37.0 Å². The van der Waals surface area contributed by atoms with Gasteiger partial charge >= 0.3 is 0 Å². The fourth-order valence-corrected chi connectivity index (χ4v) is 1.75. The number of hydrogen-bond acceptors (Lipinski definition) is 2. The summed E-state index contributed by atoms with van der Waals surface area (Å²) < 4.78 is 5.44. The van der Waals surface area contributed by atoms with Crippen LogP contribution >= 0.6 is 17.0 Å². The molecule has 3 heteroatoms. The Morgan fingerprint density at radius 2 is 1.94 bits per heavy atom. The zero-order valence-electron chi connectivity index (χ0n) is 9.75. The molecule has 0 unspecified atom stereocenters. The lowest BCUT2D eigenvalue weighted by Gasteiger charge is -2.08. The summed E-state index contributed by atoms with van der Waals surface area (Å²) in [6.45, 7) is 6.79. The molecule has 0 aliphatic carbocycles. The Bertz CT molecular complexity index is 497. The zero-order chi connectivity index (χ0) is 10.8. The molecule has 0 bridgehead atoms. The minimum atomic E-state index is 0. The maximum atomic E-state index is 5.44. The topological polar surface area (TPSA) is 22.1 Å². The van der Waals surface area contributed by atoms with Crippen molar-refractivity contribution in [3.8, 4) is 5.88 Å². The predicted molar refractivity (Wildman–Crippen MR) is 71.3 cm³/mol. The molecule has 1 aromatic heterocycles. The number of ether oxygens (including phenoxy) is 1. The molecule has 1 heterocycles. The van der Waals surface area contributed by atoms with Crippen LogP contribution in [0.5, 0.6) is 5.88 Å². The molecule has 2 rings (SSSR count). The number of pyridine rings is 1. The van der Waals surface area contributed by atoms with Crippen LogP contribution in [-0.2, 0) is 0 Å². The predicted octanol–water partition coefficient (Wildman–Crippen LogP) is 4.10. The normalized spacial score (nSPS) is 9.94. The van der Waals surface area contributed by atoms with E-state index in [1.54, 1.807) is 0 Å². The van der Waals surface area contributed by atoms with Crippen molar-refractivity contribution in [2.24, 2.45) is 0 Å². The van der Waals surface area contributed by atoms with Crippen LogP contribution < -0.4 is 4.74 Å². The Labute approximate surface area is 106 Å². The van der Waals surface area contributed by atoms with Crippen molar-refractivity contribution in [2.75, 3.05) is 6.61 Å². The second-order valence-electron chi connectivity index (χ2n) is 3.68. The number of hydrogen-bond donors (Lipinski definition) is 0. The second-order valence-corrected chi connectivity index (χ2v) is 3.68. The molecule has 0 aliphatic rings. The average molecular weight is 281 g/mol. The number of benzene rings is 1. The van der Waals surface area contributed by atoms with E-state index in [4.69, 9.17) is 4.74 Å². The summed E-state index contributed by atoms with van der Waals surface area (Å²) in [6.07, 6.45) is 0. The van der Waals surface area contributed by atoms with Crippen LogP contribution in [0.2, 0.25) is 0 Å². The molecule has 16 heavy (non-hydrogen) atoms. The third kappa shape index (κ3) is 2.35. The van der Waals surface area contributed by atoms with Gasteiger partial charge in [-0.15, -0.1) is 0 Å². The first-order valence-corrected chi connectivity index (χ1v) is 5.22. The van der Waals surface area contributed by atoms with Crippen LogP contribution in [0.3, 0.4) is 0 Å². The summed E-state index contributed by atoms with van der Waals surface area (Å²) in [6, 6.07) is 8.23. The fraction of sp³-hybridized carbons (Fsp3) is 0.308. The van der Waals surface area contributed by atoms with E-state index in [1.807, 2.05) is 13.0 Å². The van der Waals surface area contributed by atoms with Gasteiger partial charge in [-0.25, -0.2) is 4.98 Å². The number of aryl methyl sites for hydroxylation is 2. The molecular weight excluding hydrogens is 266 g/mol. The minimum absolute atomic E-state index is 0. The number of rotatable bonds is 2. The van der Waals surface area contributed by atoms with Crippen LogP contribution in [0, 0.1) is 13.8 Å². The number of aromatic nitrogens is 1. The summed E-state index contributed by atoms with van der Waals surface area (Å²) >= 11 is 0. The van der Waals surface area contributed by atoms with Crippen molar-refractivity contribution in [3.63, 3.8) is 0 Å². The SMILES string of the molecule is CCOc1cc(C)c2cccc(C)c2n1.[Br]. The van der Waals surface area contributed by atoms with E-state index < -0.39 is 0 Å². The molecule has 1 radical (unpaired) electrons. The Morgan fingerprint density at radius 3 is 2.62 bits per heavy atom. The second kappa shape index (κ2) is 5.30. The van der Waals surface area contributed by atoms with Crippen molar-refractivity contribution in [3.05, 3.63) is 35.4 Å². The first-order valence-electron chi connectivity index (χ1n) is 5.22. The number of para-hydroxylation sites is 1. The minimum Gasteiger partial charge on any atom is -0.478 e. The smallest absolute Gasteiger partial charge is 0.214 e. The Balaban J connectivity index is 0.00000128. The fourth-order valence-electron chi connectivity index (χ4n) is 1.75. The van der Waals surface area contributed by atoms with Crippen molar-refractivity contribution < 1.29 is 4.74 Å². The Hall–Kier alpha value is -1.09. The van der Waals surface area contributed by atoms with Crippen molar-refractivity contribution >= 4 is 27.9 Å².